The van der Waals surface area contributed by atoms with E-state index in [0.29, 0.717) is 6.42 Å². The zero-order valence-corrected chi connectivity index (χ0v) is 22.7. The van der Waals surface area contributed by atoms with Crippen molar-refractivity contribution in [3.63, 3.8) is 0 Å². The van der Waals surface area contributed by atoms with Gasteiger partial charge in [0.2, 0.25) is 17.7 Å². The molecule has 0 bridgehead atoms. The molecule has 33 heavy (non-hydrogen) atoms. The van der Waals surface area contributed by atoms with Gasteiger partial charge in [-0.15, -0.1) is 0 Å². The molecule has 0 saturated heterocycles. The van der Waals surface area contributed by atoms with Crippen molar-refractivity contribution < 1.29 is 23.9 Å². The molecule has 0 aliphatic heterocycles. The maximum atomic E-state index is 13.7. The minimum atomic E-state index is -0.767. The van der Waals surface area contributed by atoms with Crippen molar-refractivity contribution in [1.29, 1.82) is 0 Å². The third-order valence-corrected chi connectivity index (χ3v) is 6.26. The predicted octanol–water partition coefficient (Wildman–Crippen LogP) is 1.56. The Kier molecular flexibility index (Phi) is 12.6. The normalized spacial score (nSPS) is 15.1. The molecule has 0 saturated carbocycles. The number of likely N-dealkylation sites (N-methyl/N-ethyl adjacent to an activating group) is 4. The Hall–Kier alpha value is -2.16. The van der Waals surface area contributed by atoms with Gasteiger partial charge in [-0.1, -0.05) is 48.0 Å². The highest BCUT2D eigenvalue weighted by molar-refractivity contribution is 5.94. The topological polar surface area (TPSA) is 90.5 Å². The van der Waals surface area contributed by atoms with Crippen LogP contribution in [0.3, 0.4) is 0 Å². The molecule has 4 atom stereocenters. The van der Waals surface area contributed by atoms with Crippen LogP contribution in [0.1, 0.15) is 48.0 Å². The summed E-state index contributed by atoms with van der Waals surface area (Å²) in [7, 11) is 9.74. The van der Waals surface area contributed by atoms with Gasteiger partial charge in [-0.25, -0.2) is 0 Å². The highest BCUT2D eigenvalue weighted by Gasteiger charge is 2.41. The first-order chi connectivity index (χ1) is 15.1. The second-order valence-electron chi connectivity index (χ2n) is 9.84. The molecule has 0 aromatic carbocycles. The van der Waals surface area contributed by atoms with Crippen LogP contribution in [0.2, 0.25) is 0 Å². The van der Waals surface area contributed by atoms with Gasteiger partial charge in [0, 0.05) is 21.1 Å². The molecule has 0 aliphatic rings. The highest BCUT2D eigenvalue weighted by atomic mass is 16.5. The Bertz CT molecular complexity index is 672. The summed E-state index contributed by atoms with van der Waals surface area (Å²) in [6.07, 6.45) is 0.664. The quantitative estimate of drug-likeness (QED) is 0.402. The number of esters is 1. The summed E-state index contributed by atoms with van der Waals surface area (Å²) in [5.41, 5.74) is 0. The van der Waals surface area contributed by atoms with Crippen LogP contribution in [0.5, 0.6) is 0 Å². The molecule has 0 radical (unpaired) electrons. The minimum Gasteiger partial charge on any atom is -0.468 e. The van der Waals surface area contributed by atoms with Gasteiger partial charge in [0.05, 0.1) is 13.2 Å². The summed E-state index contributed by atoms with van der Waals surface area (Å²) in [4.78, 5) is 58.1. The van der Waals surface area contributed by atoms with Crippen LogP contribution in [0.4, 0.5) is 0 Å². The molecule has 1 unspecified atom stereocenters. The lowest BCUT2D eigenvalue weighted by atomic mass is 9.93. The SMILES string of the molecule is CCC(C)[C@H](C(=O)N(C)CC(=O)OC)N(C)C(=O)[C@@H](C(C)C)N(C)C(=O)[C@@H](C(C)C)N(C)C. The largest absolute Gasteiger partial charge is 0.468 e. The molecule has 0 aliphatic carbocycles. The molecular weight excluding hydrogens is 424 g/mol. The number of methoxy groups -OCH3 is 1. The average molecular weight is 471 g/mol. The maximum Gasteiger partial charge on any atom is 0.325 e. The summed E-state index contributed by atoms with van der Waals surface area (Å²) >= 11 is 0. The fraction of sp³-hybridized carbons (Fsp3) is 0.833. The van der Waals surface area contributed by atoms with Crippen LogP contribution in [-0.4, -0.2) is 110 Å². The van der Waals surface area contributed by atoms with Gasteiger partial charge < -0.3 is 19.4 Å². The third-order valence-electron chi connectivity index (χ3n) is 6.26. The summed E-state index contributed by atoms with van der Waals surface area (Å²) < 4.78 is 4.67. The number of nitrogens with zero attached hydrogens (tertiary/aromatic N) is 4. The van der Waals surface area contributed by atoms with Crippen molar-refractivity contribution in [2.75, 3.05) is 48.9 Å². The summed E-state index contributed by atoms with van der Waals surface area (Å²) in [6, 6.07) is -1.86. The fourth-order valence-corrected chi connectivity index (χ4v) is 4.27. The number of carbonyl (C=O) groups excluding carboxylic acids is 4. The number of hydrogen-bond acceptors (Lipinski definition) is 6. The first-order valence-electron chi connectivity index (χ1n) is 11.6. The molecular formula is C24H46N4O5. The smallest absolute Gasteiger partial charge is 0.325 e. The summed E-state index contributed by atoms with van der Waals surface area (Å²) in [5.74, 6) is -1.55. The standard InChI is InChI=1S/C24H46N4O5/c1-13-17(6)21(22(30)26(9)14-18(29)33-12)28(11)24(32)20(16(4)5)27(10)23(31)19(15(2)3)25(7)8/h15-17,19-21H,13-14H2,1-12H3/t17?,19-,20-,21-/m1/s1. The first-order valence-corrected chi connectivity index (χ1v) is 11.6. The van der Waals surface area contributed by atoms with Crippen molar-refractivity contribution >= 4 is 23.7 Å². The van der Waals surface area contributed by atoms with Crippen LogP contribution < -0.4 is 0 Å². The van der Waals surface area contributed by atoms with E-state index in [-0.39, 0.29) is 48.1 Å². The third kappa shape index (κ3) is 7.98. The molecule has 0 heterocycles. The van der Waals surface area contributed by atoms with Crippen molar-refractivity contribution in [2.45, 2.75) is 66.1 Å². The van der Waals surface area contributed by atoms with Gasteiger partial charge in [0.1, 0.15) is 18.6 Å². The van der Waals surface area contributed by atoms with Crippen molar-refractivity contribution in [3.8, 4) is 0 Å². The zero-order chi connectivity index (χ0) is 26.2. The lowest BCUT2D eigenvalue weighted by Crippen LogP contribution is -2.60. The number of ether oxygens (including phenoxy) is 1. The Labute approximate surface area is 200 Å². The fourth-order valence-electron chi connectivity index (χ4n) is 4.27. The zero-order valence-electron chi connectivity index (χ0n) is 22.7. The second-order valence-corrected chi connectivity index (χ2v) is 9.84. The van der Waals surface area contributed by atoms with E-state index in [4.69, 9.17) is 0 Å². The molecule has 192 valence electrons. The molecule has 3 amide bonds. The molecule has 0 aromatic heterocycles. The van der Waals surface area contributed by atoms with Crippen molar-refractivity contribution in [3.05, 3.63) is 0 Å². The van der Waals surface area contributed by atoms with E-state index in [1.54, 1.807) is 14.1 Å². The lowest BCUT2D eigenvalue weighted by molar-refractivity contribution is -0.156. The summed E-state index contributed by atoms with van der Waals surface area (Å²) in [6.45, 7) is 11.4. The number of amides is 3. The summed E-state index contributed by atoms with van der Waals surface area (Å²) in [5, 5.41) is 0. The monoisotopic (exact) mass is 470 g/mol. The molecule has 9 nitrogen and oxygen atoms in total. The number of hydrogen-bond donors (Lipinski definition) is 0. The van der Waals surface area contributed by atoms with Crippen LogP contribution in [-0.2, 0) is 23.9 Å². The van der Waals surface area contributed by atoms with Crippen molar-refractivity contribution in [2.24, 2.45) is 17.8 Å². The van der Waals surface area contributed by atoms with Crippen LogP contribution in [0.25, 0.3) is 0 Å². The van der Waals surface area contributed by atoms with Gasteiger partial charge in [-0.2, -0.15) is 0 Å². The van der Waals surface area contributed by atoms with E-state index in [1.807, 2.05) is 60.5 Å². The Morgan fingerprint density at radius 3 is 1.48 bits per heavy atom. The van der Waals surface area contributed by atoms with Gasteiger partial charge >= 0.3 is 5.97 Å². The minimum absolute atomic E-state index is 0.0667. The predicted molar refractivity (Wildman–Crippen MR) is 129 cm³/mol. The van der Waals surface area contributed by atoms with Gasteiger partial charge in [0.25, 0.3) is 0 Å². The average Bonchev–Trinajstić information content (AvgIpc) is 2.72. The van der Waals surface area contributed by atoms with Crippen LogP contribution in [0.15, 0.2) is 0 Å². The molecule has 0 N–H and O–H groups in total. The molecule has 0 spiro atoms. The molecule has 0 fully saturated rings. The van der Waals surface area contributed by atoms with E-state index in [9.17, 15) is 19.2 Å². The second kappa shape index (κ2) is 13.5. The van der Waals surface area contributed by atoms with E-state index in [1.165, 1.54) is 28.9 Å². The Balaban J connectivity index is 6.05. The van der Waals surface area contributed by atoms with Crippen molar-refractivity contribution in [1.82, 2.24) is 19.6 Å². The molecule has 9 heteroatoms. The Morgan fingerprint density at radius 1 is 0.697 bits per heavy atom. The Morgan fingerprint density at radius 2 is 1.12 bits per heavy atom. The van der Waals surface area contributed by atoms with E-state index in [2.05, 4.69) is 4.74 Å². The maximum absolute atomic E-state index is 13.7. The van der Waals surface area contributed by atoms with Gasteiger partial charge in [-0.3, -0.25) is 24.1 Å². The van der Waals surface area contributed by atoms with Crippen LogP contribution >= 0.6 is 0 Å². The lowest BCUT2D eigenvalue weighted by Gasteiger charge is -2.40. The number of carbonyl (C=O) groups is 4. The van der Waals surface area contributed by atoms with Gasteiger partial charge in [-0.05, 0) is 31.8 Å². The van der Waals surface area contributed by atoms with Gasteiger partial charge in [0.15, 0.2) is 0 Å². The molecule has 0 aromatic rings. The number of rotatable bonds is 12. The molecule has 0 rings (SSSR count). The highest BCUT2D eigenvalue weighted by Crippen LogP contribution is 2.22. The first kappa shape index (κ1) is 30.8. The van der Waals surface area contributed by atoms with E-state index in [0.717, 1.165) is 0 Å². The van der Waals surface area contributed by atoms with E-state index < -0.39 is 18.1 Å². The van der Waals surface area contributed by atoms with E-state index >= 15 is 0 Å². The van der Waals surface area contributed by atoms with Crippen LogP contribution in [0, 0.1) is 17.8 Å².